The van der Waals surface area contributed by atoms with Crippen molar-refractivity contribution in [1.82, 2.24) is 9.80 Å². The van der Waals surface area contributed by atoms with Crippen molar-refractivity contribution in [2.45, 2.75) is 44.2 Å². The number of nitrogens with zero attached hydrogens (tertiary/aromatic N) is 2. The Labute approximate surface area is 126 Å². The quantitative estimate of drug-likeness (QED) is 0.457. The zero-order valence-electron chi connectivity index (χ0n) is 13.0. The van der Waals surface area contributed by atoms with E-state index in [1.54, 1.807) is 11.9 Å². The molecule has 0 aromatic carbocycles. The minimum absolute atomic E-state index is 0.184. The third-order valence-electron chi connectivity index (χ3n) is 3.77. The van der Waals surface area contributed by atoms with Crippen LogP contribution in [-0.4, -0.2) is 66.3 Å². The van der Waals surface area contributed by atoms with Gasteiger partial charge in [0.2, 0.25) is 0 Å². The summed E-state index contributed by atoms with van der Waals surface area (Å²) < 4.78 is 4.74. The third-order valence-corrected chi connectivity index (χ3v) is 3.77. The highest BCUT2D eigenvalue weighted by Crippen LogP contribution is 2.20. The first-order valence-electron chi connectivity index (χ1n) is 7.39. The van der Waals surface area contributed by atoms with E-state index in [0.717, 1.165) is 19.3 Å². The molecule has 1 aliphatic rings. The molecule has 21 heavy (non-hydrogen) atoms. The molecule has 6 nitrogen and oxygen atoms in total. The fourth-order valence-electron chi connectivity index (χ4n) is 2.49. The molecule has 0 aliphatic carbocycles. The van der Waals surface area contributed by atoms with Crippen molar-refractivity contribution in [3.63, 3.8) is 0 Å². The van der Waals surface area contributed by atoms with Gasteiger partial charge in [0.25, 0.3) is 0 Å². The number of carbonyl (C=O) groups excluding carboxylic acids is 2. The summed E-state index contributed by atoms with van der Waals surface area (Å²) in [6.07, 6.45) is 4.85. The van der Waals surface area contributed by atoms with Gasteiger partial charge in [0.1, 0.15) is 6.04 Å². The number of hydrogen-bond donors (Lipinski definition) is 1. The van der Waals surface area contributed by atoms with Crippen LogP contribution in [0.25, 0.3) is 0 Å². The number of unbranched alkanes of at least 4 members (excludes halogenated alkanes) is 2. The zero-order valence-corrected chi connectivity index (χ0v) is 13.0. The summed E-state index contributed by atoms with van der Waals surface area (Å²) in [6, 6.07) is -0.877. The van der Waals surface area contributed by atoms with E-state index >= 15 is 0 Å². The number of allylic oxidation sites excluding steroid dienone is 1. The highest BCUT2D eigenvalue weighted by molar-refractivity contribution is 5.83. The Hall–Kier alpha value is -1.56. The second-order valence-electron chi connectivity index (χ2n) is 5.40. The highest BCUT2D eigenvalue weighted by atomic mass is 16.5. The number of hydrogen-bond acceptors (Lipinski definition) is 4. The predicted molar refractivity (Wildman–Crippen MR) is 79.8 cm³/mol. The molecule has 0 saturated carbocycles. The number of esters is 1. The summed E-state index contributed by atoms with van der Waals surface area (Å²) in [5.74, 6) is -0.470. The van der Waals surface area contributed by atoms with Crippen LogP contribution < -0.4 is 0 Å². The fraction of sp³-hybridized carbons (Fsp3) is 0.733. The Morgan fingerprint density at radius 2 is 2.19 bits per heavy atom. The van der Waals surface area contributed by atoms with Crippen LogP contribution >= 0.6 is 0 Å². The van der Waals surface area contributed by atoms with Crippen LogP contribution in [0.4, 0.5) is 4.79 Å². The lowest BCUT2D eigenvalue weighted by atomic mass is 10.00. The number of rotatable bonds is 6. The zero-order chi connectivity index (χ0) is 15.8. The molecule has 0 spiro atoms. The van der Waals surface area contributed by atoms with Crippen LogP contribution in [-0.2, 0) is 9.53 Å². The molecule has 2 atom stereocenters. The first kappa shape index (κ1) is 17.5. The molecule has 1 aliphatic heterocycles. The van der Waals surface area contributed by atoms with Gasteiger partial charge < -0.3 is 19.6 Å². The van der Waals surface area contributed by atoms with Gasteiger partial charge in [0, 0.05) is 26.6 Å². The van der Waals surface area contributed by atoms with E-state index in [-0.39, 0.29) is 12.5 Å². The van der Waals surface area contributed by atoms with Gasteiger partial charge in [-0.1, -0.05) is 6.08 Å². The molecule has 0 bridgehead atoms. The number of carbonyl (C=O) groups is 2. The SMILES string of the molecule is C=CCCCCN(C)C(=O)N1CCC(O)CC1C(=O)OC. The van der Waals surface area contributed by atoms with E-state index in [1.165, 1.54) is 12.0 Å². The van der Waals surface area contributed by atoms with Crippen LogP contribution in [0.2, 0.25) is 0 Å². The normalized spacial score (nSPS) is 21.8. The van der Waals surface area contributed by atoms with Gasteiger partial charge in [-0.15, -0.1) is 6.58 Å². The number of methoxy groups -OCH3 is 1. The summed E-state index contributed by atoms with van der Waals surface area (Å²) >= 11 is 0. The Morgan fingerprint density at radius 1 is 1.48 bits per heavy atom. The summed E-state index contributed by atoms with van der Waals surface area (Å²) in [4.78, 5) is 27.4. The minimum Gasteiger partial charge on any atom is -0.467 e. The molecule has 120 valence electrons. The lowest BCUT2D eigenvalue weighted by molar-refractivity contribution is -0.148. The molecule has 0 radical (unpaired) electrons. The van der Waals surface area contributed by atoms with Gasteiger partial charge in [-0.25, -0.2) is 9.59 Å². The second kappa shape index (κ2) is 8.67. The van der Waals surface area contributed by atoms with E-state index in [9.17, 15) is 14.7 Å². The van der Waals surface area contributed by atoms with Crippen LogP contribution in [0.3, 0.4) is 0 Å². The smallest absolute Gasteiger partial charge is 0.328 e. The summed E-state index contributed by atoms with van der Waals surface area (Å²) in [5, 5.41) is 9.69. The van der Waals surface area contributed by atoms with Crippen LogP contribution in [0.1, 0.15) is 32.1 Å². The molecule has 6 heteroatoms. The van der Waals surface area contributed by atoms with Crippen molar-refractivity contribution >= 4 is 12.0 Å². The maximum atomic E-state index is 12.4. The maximum absolute atomic E-state index is 12.4. The largest absolute Gasteiger partial charge is 0.467 e. The van der Waals surface area contributed by atoms with E-state index < -0.39 is 18.1 Å². The number of likely N-dealkylation sites (tertiary alicyclic amines) is 1. The topological polar surface area (TPSA) is 70.1 Å². The molecule has 1 saturated heterocycles. The van der Waals surface area contributed by atoms with Gasteiger partial charge in [-0.2, -0.15) is 0 Å². The Kier molecular flexibility index (Phi) is 7.22. The molecule has 2 amide bonds. The van der Waals surface area contributed by atoms with Crippen LogP contribution in [0, 0.1) is 0 Å². The van der Waals surface area contributed by atoms with E-state index in [1.807, 2.05) is 6.08 Å². The molecule has 2 unspecified atom stereocenters. The summed E-state index contributed by atoms with van der Waals surface area (Å²) in [6.45, 7) is 4.68. The van der Waals surface area contributed by atoms with Crippen molar-refractivity contribution in [2.24, 2.45) is 0 Å². The number of aliphatic hydroxyl groups is 1. The van der Waals surface area contributed by atoms with Crippen LogP contribution in [0.5, 0.6) is 0 Å². The Balaban J connectivity index is 2.60. The molecular formula is C15H26N2O4. The van der Waals surface area contributed by atoms with Crippen molar-refractivity contribution in [2.75, 3.05) is 27.2 Å². The van der Waals surface area contributed by atoms with E-state index in [2.05, 4.69) is 6.58 Å². The fourth-order valence-corrected chi connectivity index (χ4v) is 2.49. The summed E-state index contributed by atoms with van der Waals surface area (Å²) in [7, 11) is 3.03. The average Bonchev–Trinajstić information content (AvgIpc) is 2.49. The maximum Gasteiger partial charge on any atom is 0.328 e. The number of aliphatic hydroxyl groups excluding tert-OH is 1. The number of piperidine rings is 1. The Bertz CT molecular complexity index is 373. The first-order valence-corrected chi connectivity index (χ1v) is 7.39. The van der Waals surface area contributed by atoms with Crippen molar-refractivity contribution in [3.05, 3.63) is 12.7 Å². The van der Waals surface area contributed by atoms with Gasteiger partial charge >= 0.3 is 12.0 Å². The molecule has 1 heterocycles. The second-order valence-corrected chi connectivity index (χ2v) is 5.40. The van der Waals surface area contributed by atoms with E-state index in [4.69, 9.17) is 4.74 Å². The third kappa shape index (κ3) is 5.04. The monoisotopic (exact) mass is 298 g/mol. The molecule has 1 N–H and O–H groups in total. The highest BCUT2D eigenvalue weighted by Gasteiger charge is 2.37. The number of urea groups is 1. The predicted octanol–water partition coefficient (Wildman–Crippen LogP) is 1.39. The molecule has 0 aromatic heterocycles. The standard InChI is InChI=1S/C15H26N2O4/c1-4-5-6-7-9-16(2)15(20)17-10-8-12(18)11-13(17)14(19)21-3/h4,12-13,18H,1,5-11H2,2-3H3. The Morgan fingerprint density at radius 3 is 2.81 bits per heavy atom. The molecule has 0 aromatic rings. The minimum atomic E-state index is -0.693. The lowest BCUT2D eigenvalue weighted by Crippen LogP contribution is -2.55. The lowest BCUT2D eigenvalue weighted by Gasteiger charge is -2.38. The van der Waals surface area contributed by atoms with Crippen molar-refractivity contribution < 1.29 is 19.4 Å². The van der Waals surface area contributed by atoms with Gasteiger partial charge in [0.15, 0.2) is 0 Å². The molecule has 1 rings (SSSR count). The number of amides is 2. The first-order chi connectivity index (χ1) is 10.0. The molecule has 1 fully saturated rings. The van der Waals surface area contributed by atoms with Crippen molar-refractivity contribution in [1.29, 1.82) is 0 Å². The van der Waals surface area contributed by atoms with Crippen LogP contribution in [0.15, 0.2) is 12.7 Å². The summed E-state index contributed by atoms with van der Waals surface area (Å²) in [5.41, 5.74) is 0. The van der Waals surface area contributed by atoms with Gasteiger partial charge in [-0.3, -0.25) is 0 Å². The number of ether oxygens (including phenoxy) is 1. The van der Waals surface area contributed by atoms with Crippen molar-refractivity contribution in [3.8, 4) is 0 Å². The van der Waals surface area contributed by atoms with E-state index in [0.29, 0.717) is 19.5 Å². The average molecular weight is 298 g/mol. The van der Waals surface area contributed by atoms with Gasteiger partial charge in [-0.05, 0) is 25.7 Å². The molecular weight excluding hydrogens is 272 g/mol. The van der Waals surface area contributed by atoms with Gasteiger partial charge in [0.05, 0.1) is 13.2 Å².